The molecular weight excluding hydrogens is 256 g/mol. The van der Waals surface area contributed by atoms with Gasteiger partial charge in [-0.3, -0.25) is 9.97 Å². The zero-order valence-corrected chi connectivity index (χ0v) is 12.1. The van der Waals surface area contributed by atoms with Gasteiger partial charge < -0.3 is 0 Å². The van der Waals surface area contributed by atoms with Crippen molar-refractivity contribution in [3.8, 4) is 11.4 Å². The van der Waals surface area contributed by atoms with E-state index in [1.54, 1.807) is 6.20 Å². The van der Waals surface area contributed by atoms with Gasteiger partial charge in [0.25, 0.3) is 0 Å². The van der Waals surface area contributed by atoms with E-state index in [2.05, 4.69) is 48.3 Å². The van der Waals surface area contributed by atoms with Crippen LogP contribution in [0.4, 0.5) is 0 Å². The Bertz CT molecular complexity index is 693. The van der Waals surface area contributed by atoms with Crippen LogP contribution in [0.2, 0.25) is 0 Å². The molecule has 1 unspecified atom stereocenters. The maximum atomic E-state index is 4.83. The first-order valence-corrected chi connectivity index (χ1v) is 7.32. The molecule has 0 aliphatic rings. The SMILES string of the molecule is CCC(c1ccccc1)c1cccc(-c2ccccn2)n1. The van der Waals surface area contributed by atoms with E-state index in [4.69, 9.17) is 4.98 Å². The molecule has 21 heavy (non-hydrogen) atoms. The van der Waals surface area contributed by atoms with Gasteiger partial charge in [-0.05, 0) is 36.2 Å². The second kappa shape index (κ2) is 6.31. The summed E-state index contributed by atoms with van der Waals surface area (Å²) in [6, 6.07) is 22.7. The number of hydrogen-bond acceptors (Lipinski definition) is 2. The summed E-state index contributed by atoms with van der Waals surface area (Å²) in [6.07, 6.45) is 2.83. The Hall–Kier alpha value is -2.48. The average molecular weight is 274 g/mol. The molecule has 0 fully saturated rings. The van der Waals surface area contributed by atoms with Crippen LogP contribution in [0.1, 0.15) is 30.5 Å². The van der Waals surface area contributed by atoms with Crippen LogP contribution in [-0.2, 0) is 0 Å². The Morgan fingerprint density at radius 2 is 1.57 bits per heavy atom. The van der Waals surface area contributed by atoms with Crippen LogP contribution in [0.15, 0.2) is 72.9 Å². The van der Waals surface area contributed by atoms with Crippen LogP contribution in [0.5, 0.6) is 0 Å². The number of aromatic nitrogens is 2. The van der Waals surface area contributed by atoms with Gasteiger partial charge in [-0.15, -0.1) is 0 Å². The topological polar surface area (TPSA) is 25.8 Å². The maximum absolute atomic E-state index is 4.83. The van der Waals surface area contributed by atoms with Crippen molar-refractivity contribution in [3.05, 3.63) is 84.2 Å². The Morgan fingerprint density at radius 1 is 0.810 bits per heavy atom. The van der Waals surface area contributed by atoms with E-state index < -0.39 is 0 Å². The van der Waals surface area contributed by atoms with Gasteiger partial charge in [-0.2, -0.15) is 0 Å². The minimum atomic E-state index is 0.329. The summed E-state index contributed by atoms with van der Waals surface area (Å²) in [5.74, 6) is 0.329. The van der Waals surface area contributed by atoms with E-state index in [-0.39, 0.29) is 0 Å². The fourth-order valence-electron chi connectivity index (χ4n) is 2.60. The zero-order chi connectivity index (χ0) is 14.5. The molecule has 0 aliphatic heterocycles. The maximum Gasteiger partial charge on any atom is 0.0889 e. The smallest absolute Gasteiger partial charge is 0.0889 e. The highest BCUT2D eigenvalue weighted by Gasteiger charge is 2.14. The highest BCUT2D eigenvalue weighted by molar-refractivity contribution is 5.54. The third-order valence-corrected chi connectivity index (χ3v) is 3.67. The lowest BCUT2D eigenvalue weighted by molar-refractivity contribution is 0.750. The standard InChI is InChI=1S/C19H18N2/c1-2-16(15-9-4-3-5-10-15)17-12-8-13-19(21-17)18-11-6-7-14-20-18/h3-14,16H,2H2,1H3. The van der Waals surface area contributed by atoms with Crippen LogP contribution in [-0.4, -0.2) is 9.97 Å². The third-order valence-electron chi connectivity index (χ3n) is 3.67. The molecule has 0 radical (unpaired) electrons. The second-order valence-corrected chi connectivity index (χ2v) is 5.03. The van der Waals surface area contributed by atoms with Crippen molar-refractivity contribution in [1.29, 1.82) is 0 Å². The van der Waals surface area contributed by atoms with Gasteiger partial charge in [-0.1, -0.05) is 49.4 Å². The molecule has 2 aromatic heterocycles. The molecule has 0 bridgehead atoms. The Labute approximate surface area is 125 Å². The lowest BCUT2D eigenvalue weighted by Crippen LogP contribution is -2.03. The van der Waals surface area contributed by atoms with Gasteiger partial charge in [0.05, 0.1) is 11.4 Å². The van der Waals surface area contributed by atoms with Crippen LogP contribution in [0.3, 0.4) is 0 Å². The van der Waals surface area contributed by atoms with Crippen molar-refractivity contribution >= 4 is 0 Å². The molecule has 2 heteroatoms. The molecule has 1 aromatic carbocycles. The molecule has 0 aliphatic carbocycles. The van der Waals surface area contributed by atoms with Crippen LogP contribution < -0.4 is 0 Å². The minimum Gasteiger partial charge on any atom is -0.255 e. The Morgan fingerprint density at radius 3 is 2.29 bits per heavy atom. The first-order chi connectivity index (χ1) is 10.4. The van der Waals surface area contributed by atoms with Gasteiger partial charge in [-0.25, -0.2) is 0 Å². The summed E-state index contributed by atoms with van der Waals surface area (Å²) in [6.45, 7) is 2.20. The van der Waals surface area contributed by atoms with Gasteiger partial charge >= 0.3 is 0 Å². The van der Waals surface area contributed by atoms with Crippen molar-refractivity contribution < 1.29 is 0 Å². The quantitative estimate of drug-likeness (QED) is 0.690. The largest absolute Gasteiger partial charge is 0.255 e. The fourth-order valence-corrected chi connectivity index (χ4v) is 2.60. The van der Waals surface area contributed by atoms with E-state index >= 15 is 0 Å². The molecule has 1 atom stereocenters. The number of nitrogens with zero attached hydrogens (tertiary/aromatic N) is 2. The highest BCUT2D eigenvalue weighted by atomic mass is 14.8. The Balaban J connectivity index is 1.99. The van der Waals surface area contributed by atoms with E-state index in [1.807, 2.05) is 30.3 Å². The zero-order valence-electron chi connectivity index (χ0n) is 12.1. The molecule has 104 valence electrons. The summed E-state index contributed by atoms with van der Waals surface area (Å²) in [5.41, 5.74) is 4.27. The molecular formula is C19H18N2. The van der Waals surface area contributed by atoms with Gasteiger partial charge in [0.1, 0.15) is 0 Å². The molecule has 0 N–H and O–H groups in total. The molecule has 2 nitrogen and oxygen atoms in total. The van der Waals surface area contributed by atoms with Gasteiger partial charge in [0.15, 0.2) is 0 Å². The van der Waals surface area contributed by atoms with Crippen molar-refractivity contribution in [2.24, 2.45) is 0 Å². The average Bonchev–Trinajstić information content (AvgIpc) is 2.58. The first-order valence-electron chi connectivity index (χ1n) is 7.32. The predicted molar refractivity (Wildman–Crippen MR) is 86.0 cm³/mol. The molecule has 0 saturated carbocycles. The van der Waals surface area contributed by atoms with E-state index in [1.165, 1.54) is 5.56 Å². The lowest BCUT2D eigenvalue weighted by atomic mass is 9.92. The van der Waals surface area contributed by atoms with E-state index in [0.717, 1.165) is 23.5 Å². The molecule has 3 aromatic rings. The van der Waals surface area contributed by atoms with Crippen molar-refractivity contribution in [2.45, 2.75) is 19.3 Å². The normalized spacial score (nSPS) is 12.0. The summed E-state index contributed by atoms with van der Waals surface area (Å²) in [5, 5.41) is 0. The molecule has 2 heterocycles. The predicted octanol–water partition coefficient (Wildman–Crippen LogP) is 4.69. The number of rotatable bonds is 4. The van der Waals surface area contributed by atoms with Gasteiger partial charge in [0, 0.05) is 17.8 Å². The molecule has 0 saturated heterocycles. The van der Waals surface area contributed by atoms with Crippen molar-refractivity contribution in [1.82, 2.24) is 9.97 Å². The molecule has 3 rings (SSSR count). The monoisotopic (exact) mass is 274 g/mol. The van der Waals surface area contributed by atoms with Crippen molar-refractivity contribution in [2.75, 3.05) is 0 Å². The number of benzene rings is 1. The first kappa shape index (κ1) is 13.5. The third kappa shape index (κ3) is 3.00. The van der Waals surface area contributed by atoms with E-state index in [0.29, 0.717) is 5.92 Å². The minimum absolute atomic E-state index is 0.329. The van der Waals surface area contributed by atoms with Crippen LogP contribution >= 0.6 is 0 Å². The van der Waals surface area contributed by atoms with E-state index in [9.17, 15) is 0 Å². The molecule has 0 amide bonds. The Kier molecular flexibility index (Phi) is 4.06. The number of hydrogen-bond donors (Lipinski definition) is 0. The second-order valence-electron chi connectivity index (χ2n) is 5.03. The fraction of sp³-hybridized carbons (Fsp3) is 0.158. The van der Waals surface area contributed by atoms with Gasteiger partial charge in [0.2, 0.25) is 0 Å². The summed E-state index contributed by atoms with van der Waals surface area (Å²) in [7, 11) is 0. The highest BCUT2D eigenvalue weighted by Crippen LogP contribution is 2.27. The summed E-state index contributed by atoms with van der Waals surface area (Å²) >= 11 is 0. The van der Waals surface area contributed by atoms with Crippen LogP contribution in [0, 0.1) is 0 Å². The van der Waals surface area contributed by atoms with Crippen LogP contribution in [0.25, 0.3) is 11.4 Å². The number of pyridine rings is 2. The lowest BCUT2D eigenvalue weighted by Gasteiger charge is -2.15. The van der Waals surface area contributed by atoms with Crippen molar-refractivity contribution in [3.63, 3.8) is 0 Å². The molecule has 0 spiro atoms. The summed E-state index contributed by atoms with van der Waals surface area (Å²) < 4.78 is 0. The summed E-state index contributed by atoms with van der Waals surface area (Å²) in [4.78, 5) is 9.21.